The molecule has 84 valence electrons. The van der Waals surface area contributed by atoms with Gasteiger partial charge >= 0.3 is 0 Å². The van der Waals surface area contributed by atoms with E-state index in [1.54, 1.807) is 12.1 Å². The number of benzene rings is 1. The van der Waals surface area contributed by atoms with Gasteiger partial charge in [-0.05, 0) is 12.1 Å². The molecule has 1 aliphatic rings. The zero-order valence-electron chi connectivity index (χ0n) is 8.83. The van der Waals surface area contributed by atoms with Crippen molar-refractivity contribution in [1.29, 1.82) is 5.26 Å². The summed E-state index contributed by atoms with van der Waals surface area (Å²) in [6, 6.07) is 5.44. The average molecular weight is 237 g/mol. The Hall–Kier alpha value is -1.44. The van der Waals surface area contributed by atoms with Crippen LogP contribution in [0.25, 0.3) is 0 Å². The molecule has 1 saturated heterocycles. The molecule has 1 aliphatic heterocycles. The van der Waals surface area contributed by atoms with Gasteiger partial charge in [-0.1, -0.05) is 11.6 Å². The zero-order chi connectivity index (χ0) is 11.5. The smallest absolute Gasteiger partial charge is 0.101 e. The topological polar surface area (TPSA) is 65.1 Å². The summed E-state index contributed by atoms with van der Waals surface area (Å²) in [4.78, 5) is 2.18. The predicted molar refractivity (Wildman–Crippen MR) is 65.7 cm³/mol. The van der Waals surface area contributed by atoms with Gasteiger partial charge in [-0.25, -0.2) is 0 Å². The Balaban J connectivity index is 2.34. The van der Waals surface area contributed by atoms with Crippen LogP contribution in [0.1, 0.15) is 5.56 Å². The second-order valence-electron chi connectivity index (χ2n) is 3.74. The minimum atomic E-state index is 0.434. The van der Waals surface area contributed by atoms with Gasteiger partial charge in [0, 0.05) is 26.2 Å². The lowest BCUT2D eigenvalue weighted by atomic mass is 10.1. The third-order valence-corrected chi connectivity index (χ3v) is 3.00. The van der Waals surface area contributed by atoms with Crippen molar-refractivity contribution in [2.45, 2.75) is 0 Å². The van der Waals surface area contributed by atoms with Crippen LogP contribution >= 0.6 is 11.6 Å². The summed E-state index contributed by atoms with van der Waals surface area (Å²) in [6.07, 6.45) is 0. The molecule has 0 aromatic heterocycles. The lowest BCUT2D eigenvalue weighted by Gasteiger charge is -2.30. The van der Waals surface area contributed by atoms with Crippen molar-refractivity contribution in [1.82, 2.24) is 5.32 Å². The van der Waals surface area contributed by atoms with Gasteiger partial charge in [0.1, 0.15) is 6.07 Å². The summed E-state index contributed by atoms with van der Waals surface area (Å²) >= 11 is 6.14. The van der Waals surface area contributed by atoms with Gasteiger partial charge in [0.15, 0.2) is 0 Å². The van der Waals surface area contributed by atoms with Crippen molar-refractivity contribution >= 4 is 23.0 Å². The van der Waals surface area contributed by atoms with Crippen molar-refractivity contribution in [2.75, 3.05) is 36.8 Å². The van der Waals surface area contributed by atoms with Crippen LogP contribution in [0.4, 0.5) is 11.4 Å². The molecular formula is C11H13ClN4. The molecule has 0 spiro atoms. The second kappa shape index (κ2) is 4.60. The van der Waals surface area contributed by atoms with Crippen LogP contribution in [0.5, 0.6) is 0 Å². The van der Waals surface area contributed by atoms with Gasteiger partial charge < -0.3 is 16.0 Å². The molecule has 0 aliphatic carbocycles. The van der Waals surface area contributed by atoms with Gasteiger partial charge in [-0.2, -0.15) is 5.26 Å². The number of halogens is 1. The van der Waals surface area contributed by atoms with Gasteiger partial charge in [0.05, 0.1) is 22.0 Å². The molecule has 1 fully saturated rings. The second-order valence-corrected chi connectivity index (χ2v) is 4.15. The Bertz CT molecular complexity index is 432. The number of nitrogens with two attached hydrogens (primary N) is 1. The van der Waals surface area contributed by atoms with E-state index in [4.69, 9.17) is 22.6 Å². The van der Waals surface area contributed by atoms with E-state index in [9.17, 15) is 0 Å². The van der Waals surface area contributed by atoms with E-state index >= 15 is 0 Å². The minimum absolute atomic E-state index is 0.434. The number of nitriles is 1. The van der Waals surface area contributed by atoms with Crippen LogP contribution in [0, 0.1) is 11.3 Å². The molecule has 4 nitrogen and oxygen atoms in total. The molecular weight excluding hydrogens is 224 g/mol. The van der Waals surface area contributed by atoms with E-state index in [1.165, 1.54) is 0 Å². The number of nitrogen functional groups attached to an aromatic ring is 1. The number of hydrogen-bond donors (Lipinski definition) is 2. The molecule has 1 aromatic rings. The maximum atomic E-state index is 8.83. The normalized spacial score (nSPS) is 15.9. The van der Waals surface area contributed by atoms with E-state index < -0.39 is 0 Å². The van der Waals surface area contributed by atoms with E-state index in [1.807, 2.05) is 6.07 Å². The van der Waals surface area contributed by atoms with Crippen molar-refractivity contribution in [3.05, 3.63) is 22.7 Å². The van der Waals surface area contributed by atoms with E-state index in [0.717, 1.165) is 31.9 Å². The molecule has 0 amide bonds. The van der Waals surface area contributed by atoms with Crippen molar-refractivity contribution in [3.8, 4) is 6.07 Å². The summed E-state index contributed by atoms with van der Waals surface area (Å²) in [7, 11) is 0. The SMILES string of the molecule is N#Cc1cc(Cl)c(N2CCNCC2)cc1N. The Kier molecular flexibility index (Phi) is 3.18. The molecule has 1 aromatic carbocycles. The lowest BCUT2D eigenvalue weighted by molar-refractivity contribution is 0.589. The molecule has 0 saturated carbocycles. The summed E-state index contributed by atoms with van der Waals surface area (Å²) in [5.41, 5.74) is 7.62. The lowest BCUT2D eigenvalue weighted by Crippen LogP contribution is -2.43. The van der Waals surface area contributed by atoms with Crippen molar-refractivity contribution < 1.29 is 0 Å². The quantitative estimate of drug-likeness (QED) is 0.720. The third kappa shape index (κ3) is 2.06. The van der Waals surface area contributed by atoms with Crippen LogP contribution in [0.3, 0.4) is 0 Å². The Morgan fingerprint density at radius 3 is 2.69 bits per heavy atom. The fourth-order valence-electron chi connectivity index (χ4n) is 1.82. The third-order valence-electron chi connectivity index (χ3n) is 2.70. The number of nitrogens with zero attached hydrogens (tertiary/aromatic N) is 2. The molecule has 0 unspecified atom stereocenters. The number of rotatable bonds is 1. The van der Waals surface area contributed by atoms with E-state index in [-0.39, 0.29) is 0 Å². The van der Waals surface area contributed by atoms with Gasteiger partial charge in [-0.15, -0.1) is 0 Å². The molecule has 16 heavy (non-hydrogen) atoms. The van der Waals surface area contributed by atoms with Crippen LogP contribution in [-0.2, 0) is 0 Å². The summed E-state index contributed by atoms with van der Waals surface area (Å²) in [5.74, 6) is 0. The zero-order valence-corrected chi connectivity index (χ0v) is 9.59. The molecule has 1 heterocycles. The Morgan fingerprint density at radius 2 is 2.06 bits per heavy atom. The number of hydrogen-bond acceptors (Lipinski definition) is 4. The maximum absolute atomic E-state index is 8.83. The number of nitrogens with one attached hydrogen (secondary N) is 1. The van der Waals surface area contributed by atoms with Crippen molar-refractivity contribution in [2.24, 2.45) is 0 Å². The highest BCUT2D eigenvalue weighted by molar-refractivity contribution is 6.33. The highest BCUT2D eigenvalue weighted by Crippen LogP contribution is 2.30. The maximum Gasteiger partial charge on any atom is 0.101 e. The summed E-state index contributed by atoms with van der Waals surface area (Å²) in [5, 5.41) is 12.7. The van der Waals surface area contributed by atoms with Gasteiger partial charge in [0.2, 0.25) is 0 Å². The number of anilines is 2. The molecule has 3 N–H and O–H groups in total. The minimum Gasteiger partial charge on any atom is -0.398 e. The molecule has 0 bridgehead atoms. The van der Waals surface area contributed by atoms with Crippen molar-refractivity contribution in [3.63, 3.8) is 0 Å². The highest BCUT2D eigenvalue weighted by atomic mass is 35.5. The number of piperazine rings is 1. The first kappa shape index (κ1) is 11.1. The average Bonchev–Trinajstić information content (AvgIpc) is 2.32. The Labute approximate surface area is 99.6 Å². The summed E-state index contributed by atoms with van der Waals surface area (Å²) in [6.45, 7) is 3.70. The van der Waals surface area contributed by atoms with Gasteiger partial charge in [0.25, 0.3) is 0 Å². The fourth-order valence-corrected chi connectivity index (χ4v) is 2.11. The monoisotopic (exact) mass is 236 g/mol. The highest BCUT2D eigenvalue weighted by Gasteiger charge is 2.15. The molecule has 2 rings (SSSR count). The largest absolute Gasteiger partial charge is 0.398 e. The molecule has 0 radical (unpaired) electrons. The first-order valence-electron chi connectivity index (χ1n) is 5.17. The van der Waals surface area contributed by atoms with Crippen LogP contribution in [-0.4, -0.2) is 26.2 Å². The molecule has 0 atom stereocenters. The fraction of sp³-hybridized carbons (Fsp3) is 0.364. The van der Waals surface area contributed by atoms with E-state index in [0.29, 0.717) is 16.3 Å². The standard InChI is InChI=1S/C11H13ClN4/c12-9-5-8(7-13)10(14)6-11(9)16-3-1-15-2-4-16/h5-6,15H,1-4,14H2. The van der Waals surface area contributed by atoms with Crippen LogP contribution in [0.2, 0.25) is 5.02 Å². The van der Waals surface area contributed by atoms with Crippen LogP contribution in [0.15, 0.2) is 12.1 Å². The Morgan fingerprint density at radius 1 is 1.38 bits per heavy atom. The van der Waals surface area contributed by atoms with E-state index in [2.05, 4.69) is 10.2 Å². The van der Waals surface area contributed by atoms with Crippen LogP contribution < -0.4 is 16.0 Å². The predicted octanol–water partition coefficient (Wildman–Crippen LogP) is 1.20. The first-order valence-corrected chi connectivity index (χ1v) is 5.55. The molecule has 5 heteroatoms. The first-order chi connectivity index (χ1) is 7.72. The van der Waals surface area contributed by atoms with Gasteiger partial charge in [-0.3, -0.25) is 0 Å². The summed E-state index contributed by atoms with van der Waals surface area (Å²) < 4.78 is 0.